The van der Waals surface area contributed by atoms with Gasteiger partial charge in [0.15, 0.2) is 0 Å². The van der Waals surface area contributed by atoms with E-state index in [1.54, 1.807) is 0 Å². The number of amides is 1. The topological polar surface area (TPSA) is 44.4 Å². The number of nitrogens with zero attached hydrogens (tertiary/aromatic N) is 1. The molecule has 0 radical (unpaired) electrons. The Kier molecular flexibility index (Phi) is 4.80. The fourth-order valence-corrected chi connectivity index (χ4v) is 2.57. The van der Waals surface area contributed by atoms with Gasteiger partial charge in [0.2, 0.25) is 0 Å². The highest BCUT2D eigenvalue weighted by molar-refractivity contribution is 5.99. The first kappa shape index (κ1) is 13.9. The molecule has 4 nitrogen and oxygen atoms in total. The molecule has 1 unspecified atom stereocenters. The van der Waals surface area contributed by atoms with Crippen molar-refractivity contribution in [2.75, 3.05) is 32.0 Å². The molecular formula is C15H23N3O. The van der Waals surface area contributed by atoms with Gasteiger partial charge < -0.3 is 15.5 Å². The summed E-state index contributed by atoms with van der Waals surface area (Å²) in [7, 11) is 2.12. The number of anilines is 1. The zero-order valence-corrected chi connectivity index (χ0v) is 11.8. The number of rotatable bonds is 5. The van der Waals surface area contributed by atoms with E-state index in [1.807, 2.05) is 31.2 Å². The van der Waals surface area contributed by atoms with Crippen LogP contribution in [0.5, 0.6) is 0 Å². The Morgan fingerprint density at radius 2 is 2.21 bits per heavy atom. The third-order valence-corrected chi connectivity index (χ3v) is 3.71. The summed E-state index contributed by atoms with van der Waals surface area (Å²) in [5.74, 6) is 0.0110. The smallest absolute Gasteiger partial charge is 0.253 e. The Morgan fingerprint density at radius 3 is 2.89 bits per heavy atom. The predicted octanol–water partition coefficient (Wildman–Crippen LogP) is 1.94. The fraction of sp³-hybridized carbons (Fsp3) is 0.533. The summed E-state index contributed by atoms with van der Waals surface area (Å²) in [5.41, 5.74) is 1.63. The summed E-state index contributed by atoms with van der Waals surface area (Å²) in [6.45, 7) is 4.71. The zero-order chi connectivity index (χ0) is 13.7. The lowest BCUT2D eigenvalue weighted by molar-refractivity contribution is 0.0944. The molecule has 1 atom stereocenters. The van der Waals surface area contributed by atoms with Gasteiger partial charge in [0.25, 0.3) is 5.91 Å². The van der Waals surface area contributed by atoms with Gasteiger partial charge in [-0.3, -0.25) is 4.79 Å². The third kappa shape index (κ3) is 3.47. The van der Waals surface area contributed by atoms with E-state index < -0.39 is 0 Å². The van der Waals surface area contributed by atoms with Gasteiger partial charge in [-0.25, -0.2) is 0 Å². The van der Waals surface area contributed by atoms with E-state index >= 15 is 0 Å². The molecular weight excluding hydrogens is 238 g/mol. The van der Waals surface area contributed by atoms with E-state index in [4.69, 9.17) is 0 Å². The third-order valence-electron chi connectivity index (χ3n) is 3.71. The van der Waals surface area contributed by atoms with E-state index in [0.717, 1.165) is 30.9 Å². The Hall–Kier alpha value is -1.55. The lowest BCUT2D eigenvalue weighted by Crippen LogP contribution is -2.38. The van der Waals surface area contributed by atoms with Gasteiger partial charge in [0, 0.05) is 24.8 Å². The lowest BCUT2D eigenvalue weighted by Gasteiger charge is -2.20. The number of likely N-dealkylation sites (N-methyl/N-ethyl adjacent to an activating group) is 1. The highest BCUT2D eigenvalue weighted by atomic mass is 16.1. The second kappa shape index (κ2) is 6.57. The molecule has 1 amide bonds. The van der Waals surface area contributed by atoms with E-state index in [0.29, 0.717) is 6.04 Å². The van der Waals surface area contributed by atoms with Crippen molar-refractivity contribution in [2.45, 2.75) is 25.8 Å². The van der Waals surface area contributed by atoms with Crippen LogP contribution in [0.2, 0.25) is 0 Å². The largest absolute Gasteiger partial charge is 0.385 e. The number of benzene rings is 1. The molecule has 0 aliphatic carbocycles. The van der Waals surface area contributed by atoms with Crippen LogP contribution in [0.15, 0.2) is 24.3 Å². The Labute approximate surface area is 115 Å². The molecule has 1 heterocycles. The summed E-state index contributed by atoms with van der Waals surface area (Å²) in [5, 5.41) is 6.27. The van der Waals surface area contributed by atoms with Gasteiger partial charge in [-0.15, -0.1) is 0 Å². The second-order valence-electron chi connectivity index (χ2n) is 5.06. The minimum atomic E-state index is 0.0110. The van der Waals surface area contributed by atoms with Crippen molar-refractivity contribution in [3.63, 3.8) is 0 Å². The molecule has 2 N–H and O–H groups in total. The van der Waals surface area contributed by atoms with Crippen LogP contribution < -0.4 is 10.6 Å². The summed E-state index contributed by atoms with van der Waals surface area (Å²) in [6, 6.07) is 8.14. The quantitative estimate of drug-likeness (QED) is 0.851. The Balaban J connectivity index is 1.95. The number of hydrogen-bond donors (Lipinski definition) is 2. The first-order valence-corrected chi connectivity index (χ1v) is 7.03. The monoisotopic (exact) mass is 261 g/mol. The van der Waals surface area contributed by atoms with Crippen molar-refractivity contribution >= 4 is 11.6 Å². The number of nitrogens with one attached hydrogen (secondary N) is 2. The molecule has 1 fully saturated rings. The average molecular weight is 261 g/mol. The molecule has 0 spiro atoms. The maximum Gasteiger partial charge on any atom is 0.253 e. The molecule has 2 rings (SSSR count). The summed E-state index contributed by atoms with van der Waals surface area (Å²) >= 11 is 0. The number of para-hydroxylation sites is 1. The van der Waals surface area contributed by atoms with Gasteiger partial charge in [0.05, 0.1) is 5.56 Å². The molecule has 4 heteroatoms. The van der Waals surface area contributed by atoms with Crippen LogP contribution in [0.3, 0.4) is 0 Å². The summed E-state index contributed by atoms with van der Waals surface area (Å²) in [6.07, 6.45) is 2.40. The van der Waals surface area contributed by atoms with Crippen molar-refractivity contribution in [1.82, 2.24) is 10.2 Å². The van der Waals surface area contributed by atoms with Crippen LogP contribution in [-0.4, -0.2) is 43.5 Å². The van der Waals surface area contributed by atoms with Gasteiger partial charge in [-0.05, 0) is 45.5 Å². The van der Waals surface area contributed by atoms with Crippen LogP contribution in [0.25, 0.3) is 0 Å². The maximum atomic E-state index is 12.2. The Bertz CT molecular complexity index is 433. The van der Waals surface area contributed by atoms with Crippen molar-refractivity contribution in [3.05, 3.63) is 29.8 Å². The number of carbonyl (C=O) groups is 1. The van der Waals surface area contributed by atoms with E-state index in [2.05, 4.69) is 22.6 Å². The van der Waals surface area contributed by atoms with Crippen molar-refractivity contribution in [2.24, 2.45) is 0 Å². The van der Waals surface area contributed by atoms with E-state index in [-0.39, 0.29) is 5.91 Å². The first-order chi connectivity index (χ1) is 9.22. The molecule has 1 saturated heterocycles. The van der Waals surface area contributed by atoms with Crippen LogP contribution >= 0.6 is 0 Å². The average Bonchev–Trinajstić information content (AvgIpc) is 2.82. The molecule has 1 aliphatic rings. The molecule has 0 bridgehead atoms. The molecule has 104 valence electrons. The van der Waals surface area contributed by atoms with E-state index in [9.17, 15) is 4.79 Å². The van der Waals surface area contributed by atoms with Gasteiger partial charge in [0.1, 0.15) is 0 Å². The first-order valence-electron chi connectivity index (χ1n) is 7.03. The van der Waals surface area contributed by atoms with Gasteiger partial charge in [-0.1, -0.05) is 12.1 Å². The van der Waals surface area contributed by atoms with Gasteiger partial charge >= 0.3 is 0 Å². The minimum absolute atomic E-state index is 0.0110. The molecule has 19 heavy (non-hydrogen) atoms. The normalized spacial score (nSPS) is 19.4. The molecule has 1 aromatic rings. The van der Waals surface area contributed by atoms with Crippen LogP contribution in [0.4, 0.5) is 5.69 Å². The number of carbonyl (C=O) groups excluding carboxylic acids is 1. The minimum Gasteiger partial charge on any atom is -0.385 e. The van der Waals surface area contributed by atoms with Crippen molar-refractivity contribution < 1.29 is 4.79 Å². The van der Waals surface area contributed by atoms with E-state index in [1.165, 1.54) is 12.8 Å². The maximum absolute atomic E-state index is 12.2. The Morgan fingerprint density at radius 1 is 1.42 bits per heavy atom. The number of hydrogen-bond acceptors (Lipinski definition) is 3. The number of likely N-dealkylation sites (tertiary alicyclic amines) is 1. The fourth-order valence-electron chi connectivity index (χ4n) is 2.57. The molecule has 0 aromatic heterocycles. The SMILES string of the molecule is CCNc1ccccc1C(=O)NCC1CCCN1C. The standard InChI is InChI=1S/C15H23N3O/c1-3-16-14-9-5-4-8-13(14)15(19)17-11-12-7-6-10-18(12)2/h4-5,8-9,12,16H,3,6-7,10-11H2,1-2H3,(H,17,19). The molecule has 1 aromatic carbocycles. The van der Waals surface area contributed by atoms with Crippen molar-refractivity contribution in [3.8, 4) is 0 Å². The summed E-state index contributed by atoms with van der Waals surface area (Å²) in [4.78, 5) is 14.6. The van der Waals surface area contributed by atoms with Crippen molar-refractivity contribution in [1.29, 1.82) is 0 Å². The highest BCUT2D eigenvalue weighted by Gasteiger charge is 2.21. The lowest BCUT2D eigenvalue weighted by atomic mass is 10.1. The summed E-state index contributed by atoms with van der Waals surface area (Å²) < 4.78 is 0. The molecule has 1 aliphatic heterocycles. The van der Waals surface area contributed by atoms with Crippen LogP contribution in [0.1, 0.15) is 30.1 Å². The highest BCUT2D eigenvalue weighted by Crippen LogP contribution is 2.16. The second-order valence-corrected chi connectivity index (χ2v) is 5.06. The zero-order valence-electron chi connectivity index (χ0n) is 11.8. The molecule has 0 saturated carbocycles. The van der Waals surface area contributed by atoms with Crippen LogP contribution in [-0.2, 0) is 0 Å². The van der Waals surface area contributed by atoms with Crippen LogP contribution in [0, 0.1) is 0 Å². The van der Waals surface area contributed by atoms with Gasteiger partial charge in [-0.2, -0.15) is 0 Å². The predicted molar refractivity (Wildman–Crippen MR) is 78.6 cm³/mol.